The Morgan fingerprint density at radius 1 is 1.23 bits per heavy atom. The smallest absolute Gasteiger partial charge is 0.321 e. The molecule has 0 saturated carbocycles. The molecule has 0 radical (unpaired) electrons. The summed E-state index contributed by atoms with van der Waals surface area (Å²) in [6.45, 7) is 2.37. The Labute approximate surface area is 153 Å². The summed E-state index contributed by atoms with van der Waals surface area (Å²) < 4.78 is 1.70. The van der Waals surface area contributed by atoms with Crippen LogP contribution < -0.4 is 10.6 Å². The van der Waals surface area contributed by atoms with Crippen molar-refractivity contribution >= 4 is 29.0 Å². The third-order valence-corrected chi connectivity index (χ3v) is 4.48. The maximum atomic E-state index is 11.8. The van der Waals surface area contributed by atoms with Crippen LogP contribution in [0.2, 0.25) is 0 Å². The van der Waals surface area contributed by atoms with E-state index in [0.29, 0.717) is 12.2 Å². The van der Waals surface area contributed by atoms with Crippen molar-refractivity contribution in [2.45, 2.75) is 6.92 Å². The Kier molecular flexibility index (Phi) is 4.28. The predicted octanol–water partition coefficient (Wildman–Crippen LogP) is 3.06. The molecule has 2 N–H and O–H groups in total. The summed E-state index contributed by atoms with van der Waals surface area (Å²) in [6, 6.07) is 7.46. The molecule has 8 nitrogen and oxygen atoms in total. The van der Waals surface area contributed by atoms with Gasteiger partial charge in [-0.1, -0.05) is 6.07 Å². The minimum Gasteiger partial charge on any atom is -0.338 e. The third kappa shape index (κ3) is 3.11. The number of hydrogen-bond acceptors (Lipinski definition) is 6. The molecular weight excluding hydrogens is 350 g/mol. The topological polar surface area (TPSA) is 97.1 Å². The lowest BCUT2D eigenvalue weighted by atomic mass is 10.1. The number of pyridine rings is 2. The van der Waals surface area contributed by atoms with Crippen LogP contribution in [0.3, 0.4) is 0 Å². The van der Waals surface area contributed by atoms with Gasteiger partial charge < -0.3 is 5.32 Å². The van der Waals surface area contributed by atoms with Crippen LogP contribution in [0, 0.1) is 0 Å². The summed E-state index contributed by atoms with van der Waals surface area (Å²) in [6.07, 6.45) is 5.31. The zero-order chi connectivity index (χ0) is 17.9. The number of aromatic nitrogens is 5. The summed E-state index contributed by atoms with van der Waals surface area (Å²) in [5.41, 5.74) is 5.18. The number of fused-ring (bicyclic) bond motifs is 1. The number of amides is 2. The third-order valence-electron chi connectivity index (χ3n) is 3.68. The van der Waals surface area contributed by atoms with Crippen molar-refractivity contribution in [2.24, 2.45) is 0 Å². The maximum Gasteiger partial charge on any atom is 0.321 e. The van der Waals surface area contributed by atoms with E-state index in [1.807, 2.05) is 31.2 Å². The molecule has 9 heteroatoms. The number of anilines is 1. The highest BCUT2D eigenvalue weighted by Gasteiger charge is 2.14. The van der Waals surface area contributed by atoms with Crippen LogP contribution in [0.25, 0.3) is 27.3 Å². The first-order valence-electron chi connectivity index (χ1n) is 7.99. The summed E-state index contributed by atoms with van der Waals surface area (Å²) >= 11 is 1.51. The van der Waals surface area contributed by atoms with Crippen LogP contribution in [0.5, 0.6) is 0 Å². The van der Waals surface area contributed by atoms with E-state index in [2.05, 4.69) is 30.7 Å². The lowest BCUT2D eigenvalue weighted by Crippen LogP contribution is -2.28. The molecule has 0 unspecified atom stereocenters. The second-order valence-corrected chi connectivity index (χ2v) is 6.31. The number of rotatable bonds is 4. The molecule has 130 valence electrons. The standard InChI is InChI=1S/C17H15N7OS/c1-2-20-17(25)22-16-21-15-7-12(11-4-3-5-18-8-11)6-13(24(15)23-16)14-9-19-10-26-14/h3-10H,2H2,1H3,(H2,20,22,23,25). The van der Waals surface area contributed by atoms with E-state index in [1.54, 1.807) is 28.6 Å². The molecule has 0 spiro atoms. The molecule has 0 bridgehead atoms. The highest BCUT2D eigenvalue weighted by Crippen LogP contribution is 2.29. The molecular formula is C17H15N7OS. The first kappa shape index (κ1) is 16.2. The number of nitrogens with one attached hydrogen (secondary N) is 2. The number of carbonyl (C=O) groups is 1. The van der Waals surface area contributed by atoms with E-state index in [0.717, 1.165) is 21.7 Å². The largest absolute Gasteiger partial charge is 0.338 e. The first-order valence-corrected chi connectivity index (χ1v) is 8.87. The summed E-state index contributed by atoms with van der Waals surface area (Å²) in [4.78, 5) is 25.5. The van der Waals surface area contributed by atoms with Gasteiger partial charge >= 0.3 is 6.03 Å². The second kappa shape index (κ2) is 6.89. The number of urea groups is 1. The Morgan fingerprint density at radius 2 is 2.15 bits per heavy atom. The molecule has 0 atom stereocenters. The highest BCUT2D eigenvalue weighted by molar-refractivity contribution is 7.13. The van der Waals surface area contributed by atoms with Gasteiger partial charge in [-0.15, -0.1) is 16.4 Å². The predicted molar refractivity (Wildman–Crippen MR) is 100 cm³/mol. The molecule has 4 rings (SSSR count). The van der Waals surface area contributed by atoms with Gasteiger partial charge in [0.15, 0.2) is 5.65 Å². The highest BCUT2D eigenvalue weighted by atomic mass is 32.1. The van der Waals surface area contributed by atoms with Gasteiger partial charge in [-0.3, -0.25) is 15.3 Å². The lowest BCUT2D eigenvalue weighted by Gasteiger charge is -2.06. The zero-order valence-electron chi connectivity index (χ0n) is 13.9. The normalized spacial score (nSPS) is 10.8. The van der Waals surface area contributed by atoms with E-state index in [-0.39, 0.29) is 12.0 Å². The van der Waals surface area contributed by atoms with Gasteiger partial charge in [0.25, 0.3) is 5.95 Å². The molecule has 0 saturated heterocycles. The summed E-state index contributed by atoms with van der Waals surface area (Å²) in [7, 11) is 0. The summed E-state index contributed by atoms with van der Waals surface area (Å²) in [5, 5.41) is 9.73. The SMILES string of the molecule is CCNC(=O)Nc1nc2cc(-c3cccnc3)cc(-c3cncs3)n2n1. The van der Waals surface area contributed by atoms with Gasteiger partial charge in [0.1, 0.15) is 0 Å². The van der Waals surface area contributed by atoms with Gasteiger partial charge in [-0.05, 0) is 30.7 Å². The van der Waals surface area contributed by atoms with Gasteiger partial charge in [0.05, 0.1) is 16.1 Å². The Hall–Kier alpha value is -3.33. The van der Waals surface area contributed by atoms with Gasteiger partial charge in [-0.25, -0.2) is 9.31 Å². The van der Waals surface area contributed by atoms with Crippen molar-refractivity contribution in [3.05, 3.63) is 48.4 Å². The first-order chi connectivity index (χ1) is 12.7. The molecule has 0 aromatic carbocycles. The van der Waals surface area contributed by atoms with Crippen LogP contribution in [0.4, 0.5) is 10.7 Å². The van der Waals surface area contributed by atoms with E-state index >= 15 is 0 Å². The average molecular weight is 365 g/mol. The molecule has 0 fully saturated rings. The van der Waals surface area contributed by atoms with Crippen LogP contribution >= 0.6 is 11.3 Å². The van der Waals surface area contributed by atoms with Gasteiger partial charge in [-0.2, -0.15) is 4.98 Å². The van der Waals surface area contributed by atoms with Gasteiger partial charge in [0, 0.05) is 30.7 Å². The van der Waals surface area contributed by atoms with Crippen molar-refractivity contribution in [1.29, 1.82) is 0 Å². The Balaban J connectivity index is 1.85. The molecule has 0 aliphatic rings. The zero-order valence-corrected chi connectivity index (χ0v) is 14.7. The number of carbonyl (C=O) groups excluding carboxylic acids is 1. The quantitative estimate of drug-likeness (QED) is 0.579. The molecule has 2 amide bonds. The van der Waals surface area contributed by atoms with Crippen LogP contribution in [-0.4, -0.2) is 37.1 Å². The van der Waals surface area contributed by atoms with E-state index < -0.39 is 0 Å². The van der Waals surface area contributed by atoms with Crippen molar-refractivity contribution in [1.82, 2.24) is 29.9 Å². The molecule has 4 aromatic rings. The fourth-order valence-electron chi connectivity index (χ4n) is 2.56. The second-order valence-electron chi connectivity index (χ2n) is 5.43. The summed E-state index contributed by atoms with van der Waals surface area (Å²) in [5.74, 6) is 0.241. The van der Waals surface area contributed by atoms with Crippen molar-refractivity contribution in [3.63, 3.8) is 0 Å². The van der Waals surface area contributed by atoms with Crippen molar-refractivity contribution in [2.75, 3.05) is 11.9 Å². The van der Waals surface area contributed by atoms with Gasteiger partial charge in [0.2, 0.25) is 0 Å². The minimum absolute atomic E-state index is 0.241. The van der Waals surface area contributed by atoms with Crippen LogP contribution in [0.15, 0.2) is 48.4 Å². The maximum absolute atomic E-state index is 11.8. The average Bonchev–Trinajstić information content (AvgIpc) is 3.31. The Bertz CT molecular complexity index is 1040. The molecule has 26 heavy (non-hydrogen) atoms. The Morgan fingerprint density at radius 3 is 2.88 bits per heavy atom. The van der Waals surface area contributed by atoms with Crippen molar-refractivity contribution in [3.8, 4) is 21.7 Å². The monoisotopic (exact) mass is 365 g/mol. The lowest BCUT2D eigenvalue weighted by molar-refractivity contribution is 0.252. The molecule has 0 aliphatic heterocycles. The number of thiazole rings is 1. The minimum atomic E-state index is -0.338. The van der Waals surface area contributed by atoms with E-state index in [1.165, 1.54) is 11.3 Å². The number of nitrogens with zero attached hydrogens (tertiary/aromatic N) is 5. The molecule has 4 aromatic heterocycles. The molecule has 0 aliphatic carbocycles. The number of hydrogen-bond donors (Lipinski definition) is 2. The molecule has 4 heterocycles. The fourth-order valence-corrected chi connectivity index (χ4v) is 3.18. The fraction of sp³-hybridized carbons (Fsp3) is 0.118. The van der Waals surface area contributed by atoms with E-state index in [9.17, 15) is 4.79 Å². The van der Waals surface area contributed by atoms with Crippen LogP contribution in [-0.2, 0) is 0 Å². The van der Waals surface area contributed by atoms with E-state index in [4.69, 9.17) is 0 Å². The van der Waals surface area contributed by atoms with Crippen molar-refractivity contribution < 1.29 is 4.79 Å². The van der Waals surface area contributed by atoms with Crippen LogP contribution in [0.1, 0.15) is 6.92 Å².